The molecule has 0 aromatic heterocycles. The molecule has 2 rings (SSSR count). The Kier molecular flexibility index (Phi) is 1.92. The summed E-state index contributed by atoms with van der Waals surface area (Å²) >= 11 is 0. The van der Waals surface area contributed by atoms with Crippen LogP contribution >= 0.6 is 0 Å². The molecule has 1 saturated heterocycles. The van der Waals surface area contributed by atoms with Crippen LogP contribution in [0.4, 0.5) is 0 Å². The number of carbonyl (C=O) groups excluding carboxylic acids is 2. The van der Waals surface area contributed by atoms with Crippen LogP contribution in [-0.2, 0) is 9.59 Å². The van der Waals surface area contributed by atoms with Gasteiger partial charge in [-0.25, -0.2) is 0 Å². The van der Waals surface area contributed by atoms with Gasteiger partial charge in [-0.15, -0.1) is 0 Å². The predicted molar refractivity (Wildman–Crippen MR) is 44.3 cm³/mol. The van der Waals surface area contributed by atoms with E-state index in [1.807, 2.05) is 12.2 Å². The number of carbonyl (C=O) groups is 2. The SMILES string of the molecule is O=C1C2CC=CCC2C(=O)N1CO. The fourth-order valence-electron chi connectivity index (χ4n) is 2.01. The zero-order chi connectivity index (χ0) is 9.42. The van der Waals surface area contributed by atoms with E-state index >= 15 is 0 Å². The molecule has 2 aliphatic rings. The molecule has 1 fully saturated rings. The molecule has 1 N–H and O–H groups in total. The number of hydrogen-bond acceptors (Lipinski definition) is 3. The van der Waals surface area contributed by atoms with E-state index in [0.29, 0.717) is 12.8 Å². The van der Waals surface area contributed by atoms with Crippen LogP contribution in [0.1, 0.15) is 12.8 Å². The van der Waals surface area contributed by atoms with Crippen molar-refractivity contribution in [3.63, 3.8) is 0 Å². The van der Waals surface area contributed by atoms with Gasteiger partial charge in [0.15, 0.2) is 0 Å². The Labute approximate surface area is 75.8 Å². The molecule has 4 heteroatoms. The van der Waals surface area contributed by atoms with E-state index in [0.717, 1.165) is 4.90 Å². The number of amides is 2. The highest BCUT2D eigenvalue weighted by atomic mass is 16.3. The van der Waals surface area contributed by atoms with Gasteiger partial charge < -0.3 is 5.11 Å². The number of aliphatic hydroxyl groups is 1. The average molecular weight is 181 g/mol. The number of allylic oxidation sites excluding steroid dienone is 2. The monoisotopic (exact) mass is 181 g/mol. The van der Waals surface area contributed by atoms with Gasteiger partial charge >= 0.3 is 0 Å². The smallest absolute Gasteiger partial charge is 0.235 e. The second-order valence-electron chi connectivity index (χ2n) is 3.40. The third-order valence-corrected chi connectivity index (χ3v) is 2.74. The summed E-state index contributed by atoms with van der Waals surface area (Å²) in [5.41, 5.74) is 0. The second-order valence-corrected chi connectivity index (χ2v) is 3.40. The van der Waals surface area contributed by atoms with Gasteiger partial charge in [-0.05, 0) is 12.8 Å². The number of fused-ring (bicyclic) bond motifs is 1. The molecule has 1 aliphatic carbocycles. The number of likely N-dealkylation sites (tertiary alicyclic amines) is 1. The maximum Gasteiger partial charge on any atom is 0.235 e. The molecule has 0 aromatic rings. The highest BCUT2D eigenvalue weighted by Gasteiger charge is 2.46. The maximum absolute atomic E-state index is 11.5. The lowest BCUT2D eigenvalue weighted by atomic mass is 9.85. The first-order valence-corrected chi connectivity index (χ1v) is 4.36. The molecule has 70 valence electrons. The van der Waals surface area contributed by atoms with E-state index in [1.54, 1.807) is 0 Å². The fourth-order valence-corrected chi connectivity index (χ4v) is 2.01. The minimum absolute atomic E-state index is 0.218. The summed E-state index contributed by atoms with van der Waals surface area (Å²) in [6.07, 6.45) is 5.11. The van der Waals surface area contributed by atoms with Crippen molar-refractivity contribution in [1.82, 2.24) is 4.90 Å². The van der Waals surface area contributed by atoms with Gasteiger partial charge in [0, 0.05) is 0 Å². The molecule has 0 spiro atoms. The molecule has 2 amide bonds. The summed E-state index contributed by atoms with van der Waals surface area (Å²) in [6, 6.07) is 0. The molecule has 0 bridgehead atoms. The molecular weight excluding hydrogens is 170 g/mol. The summed E-state index contributed by atoms with van der Waals surface area (Å²) in [5.74, 6) is -0.877. The zero-order valence-electron chi connectivity index (χ0n) is 7.14. The lowest BCUT2D eigenvalue weighted by Gasteiger charge is -2.14. The second kappa shape index (κ2) is 2.96. The van der Waals surface area contributed by atoms with E-state index < -0.39 is 6.73 Å². The number of hydrogen-bond donors (Lipinski definition) is 1. The lowest BCUT2D eigenvalue weighted by Crippen LogP contribution is -2.31. The lowest BCUT2D eigenvalue weighted by molar-refractivity contribution is -0.143. The van der Waals surface area contributed by atoms with Crippen molar-refractivity contribution < 1.29 is 14.7 Å². The number of nitrogens with zero attached hydrogens (tertiary/aromatic N) is 1. The summed E-state index contributed by atoms with van der Waals surface area (Å²) in [7, 11) is 0. The Morgan fingerprint density at radius 1 is 1.23 bits per heavy atom. The third kappa shape index (κ3) is 1.09. The third-order valence-electron chi connectivity index (χ3n) is 2.74. The van der Waals surface area contributed by atoms with Crippen molar-refractivity contribution in [1.29, 1.82) is 0 Å². The molecule has 4 nitrogen and oxygen atoms in total. The molecule has 2 unspecified atom stereocenters. The van der Waals surface area contributed by atoms with E-state index in [2.05, 4.69) is 0 Å². The summed E-state index contributed by atoms with van der Waals surface area (Å²) in [5, 5.41) is 8.82. The minimum atomic E-state index is -0.481. The summed E-state index contributed by atoms with van der Waals surface area (Å²) in [6.45, 7) is -0.481. The van der Waals surface area contributed by atoms with Gasteiger partial charge in [-0.2, -0.15) is 0 Å². The normalized spacial score (nSPS) is 32.5. The average Bonchev–Trinajstić information content (AvgIpc) is 2.41. The zero-order valence-corrected chi connectivity index (χ0v) is 7.14. The Morgan fingerprint density at radius 3 is 2.08 bits per heavy atom. The van der Waals surface area contributed by atoms with Crippen LogP contribution in [0.2, 0.25) is 0 Å². The molecule has 1 aliphatic heterocycles. The van der Waals surface area contributed by atoms with E-state index in [1.165, 1.54) is 0 Å². The topological polar surface area (TPSA) is 57.6 Å². The van der Waals surface area contributed by atoms with Crippen LogP contribution in [0.15, 0.2) is 12.2 Å². The molecular formula is C9H11NO3. The van der Waals surface area contributed by atoms with Gasteiger partial charge in [0.2, 0.25) is 11.8 Å². The Balaban J connectivity index is 2.27. The number of aliphatic hydroxyl groups excluding tert-OH is 1. The van der Waals surface area contributed by atoms with E-state index in [9.17, 15) is 9.59 Å². The number of imide groups is 1. The minimum Gasteiger partial charge on any atom is -0.376 e. The van der Waals surface area contributed by atoms with Crippen LogP contribution in [0.5, 0.6) is 0 Å². The quantitative estimate of drug-likeness (QED) is 0.453. The number of rotatable bonds is 1. The molecule has 0 radical (unpaired) electrons. The van der Waals surface area contributed by atoms with Gasteiger partial charge in [0.1, 0.15) is 6.73 Å². The first-order valence-electron chi connectivity index (χ1n) is 4.36. The van der Waals surface area contributed by atoms with Crippen LogP contribution in [0.25, 0.3) is 0 Å². The van der Waals surface area contributed by atoms with E-state index in [4.69, 9.17) is 5.11 Å². The van der Waals surface area contributed by atoms with Gasteiger partial charge in [0.25, 0.3) is 0 Å². The van der Waals surface area contributed by atoms with Crippen molar-refractivity contribution in [2.75, 3.05) is 6.73 Å². The fraction of sp³-hybridized carbons (Fsp3) is 0.556. The molecule has 0 aromatic carbocycles. The van der Waals surface area contributed by atoms with Crippen molar-refractivity contribution in [2.24, 2.45) is 11.8 Å². The Bertz CT molecular complexity index is 259. The van der Waals surface area contributed by atoms with Gasteiger partial charge in [0.05, 0.1) is 11.8 Å². The van der Waals surface area contributed by atoms with E-state index in [-0.39, 0.29) is 23.7 Å². The Hall–Kier alpha value is -1.16. The molecule has 0 saturated carbocycles. The first-order chi connectivity index (χ1) is 6.25. The Morgan fingerprint density at radius 2 is 1.69 bits per heavy atom. The largest absolute Gasteiger partial charge is 0.376 e. The van der Waals surface area contributed by atoms with Crippen LogP contribution < -0.4 is 0 Å². The molecule has 1 heterocycles. The molecule has 13 heavy (non-hydrogen) atoms. The van der Waals surface area contributed by atoms with Crippen molar-refractivity contribution in [3.05, 3.63) is 12.2 Å². The van der Waals surface area contributed by atoms with Crippen molar-refractivity contribution in [2.45, 2.75) is 12.8 Å². The maximum atomic E-state index is 11.5. The van der Waals surface area contributed by atoms with Crippen LogP contribution in [-0.4, -0.2) is 28.6 Å². The summed E-state index contributed by atoms with van der Waals surface area (Å²) in [4.78, 5) is 23.9. The highest BCUT2D eigenvalue weighted by Crippen LogP contribution is 2.34. The standard InChI is InChI=1S/C9H11NO3/c11-5-10-8(12)6-3-1-2-4-7(6)9(10)13/h1-2,6-7,11H,3-5H2. The van der Waals surface area contributed by atoms with Crippen molar-refractivity contribution >= 4 is 11.8 Å². The summed E-state index contributed by atoms with van der Waals surface area (Å²) < 4.78 is 0. The van der Waals surface area contributed by atoms with Gasteiger partial charge in [-0.1, -0.05) is 12.2 Å². The van der Waals surface area contributed by atoms with Gasteiger partial charge in [-0.3, -0.25) is 14.5 Å². The first kappa shape index (κ1) is 8.44. The predicted octanol–water partition coefficient (Wildman–Crippen LogP) is -0.113. The van der Waals surface area contributed by atoms with Crippen molar-refractivity contribution in [3.8, 4) is 0 Å². The van der Waals surface area contributed by atoms with Crippen LogP contribution in [0.3, 0.4) is 0 Å². The highest BCUT2D eigenvalue weighted by molar-refractivity contribution is 6.05. The van der Waals surface area contributed by atoms with Crippen LogP contribution in [0, 0.1) is 11.8 Å². The molecule has 2 atom stereocenters.